The molecule has 3 rings (SSSR count). The Kier molecular flexibility index (Phi) is 6.95. The summed E-state index contributed by atoms with van der Waals surface area (Å²) in [6, 6.07) is 14.5. The van der Waals surface area contributed by atoms with E-state index >= 15 is 0 Å². The molecule has 0 spiro atoms. The highest BCUT2D eigenvalue weighted by Gasteiger charge is 2.13. The number of ether oxygens (including phenoxy) is 1. The van der Waals surface area contributed by atoms with Crippen LogP contribution in [-0.4, -0.2) is 23.0 Å². The summed E-state index contributed by atoms with van der Waals surface area (Å²) in [7, 11) is 1.62. The first-order valence-corrected chi connectivity index (χ1v) is 10.2. The Balaban J connectivity index is 1.66. The molecule has 2 aromatic carbocycles. The summed E-state index contributed by atoms with van der Waals surface area (Å²) in [5.41, 5.74) is 2.25. The van der Waals surface area contributed by atoms with Crippen LogP contribution in [0.25, 0.3) is 0 Å². The highest BCUT2D eigenvalue weighted by atomic mass is 35.5. The van der Waals surface area contributed by atoms with Gasteiger partial charge in [-0.25, -0.2) is 4.98 Å². The first kappa shape index (κ1) is 21.0. The molecule has 2 N–H and O–H groups in total. The molecule has 0 bridgehead atoms. The maximum atomic E-state index is 12.5. The van der Waals surface area contributed by atoms with Crippen molar-refractivity contribution in [1.82, 2.24) is 9.97 Å². The fourth-order valence-corrected chi connectivity index (χ4v) is 3.65. The van der Waals surface area contributed by atoms with Crippen molar-refractivity contribution in [3.8, 4) is 5.75 Å². The van der Waals surface area contributed by atoms with Gasteiger partial charge in [0.05, 0.1) is 13.5 Å². The number of hydrogen-bond donors (Lipinski definition) is 2. The molecule has 150 valence electrons. The summed E-state index contributed by atoms with van der Waals surface area (Å²) in [6.45, 7) is 1.73. The van der Waals surface area contributed by atoms with Crippen LogP contribution >= 0.6 is 23.4 Å². The lowest BCUT2D eigenvalue weighted by Gasteiger charge is -2.09. The second kappa shape index (κ2) is 9.62. The first-order chi connectivity index (χ1) is 13.9. The van der Waals surface area contributed by atoms with Gasteiger partial charge in [0.1, 0.15) is 5.75 Å². The van der Waals surface area contributed by atoms with Gasteiger partial charge in [-0.05, 0) is 48.9 Å². The molecule has 0 saturated carbocycles. The number of aromatic amines is 1. The average Bonchev–Trinajstić information content (AvgIpc) is 2.71. The normalized spacial score (nSPS) is 10.6. The SMILES string of the molecule is COc1cccc(CSc2nc(C)c(CC(=O)Nc3ccc(Cl)cc3)c(=O)[nH]2)c1. The third kappa shape index (κ3) is 5.85. The Morgan fingerprint density at radius 2 is 2.00 bits per heavy atom. The van der Waals surface area contributed by atoms with Crippen molar-refractivity contribution in [2.45, 2.75) is 24.3 Å². The summed E-state index contributed by atoms with van der Waals surface area (Å²) in [5, 5.41) is 3.84. The fraction of sp³-hybridized carbons (Fsp3) is 0.190. The van der Waals surface area contributed by atoms with E-state index < -0.39 is 0 Å². The smallest absolute Gasteiger partial charge is 0.255 e. The van der Waals surface area contributed by atoms with E-state index in [9.17, 15) is 9.59 Å². The number of H-pyrrole nitrogens is 1. The van der Waals surface area contributed by atoms with Crippen molar-refractivity contribution in [2.75, 3.05) is 12.4 Å². The molecule has 0 unspecified atom stereocenters. The molecule has 1 aromatic heterocycles. The monoisotopic (exact) mass is 429 g/mol. The zero-order chi connectivity index (χ0) is 20.8. The van der Waals surface area contributed by atoms with Crippen molar-refractivity contribution < 1.29 is 9.53 Å². The molecule has 1 amide bonds. The van der Waals surface area contributed by atoms with Crippen molar-refractivity contribution in [3.63, 3.8) is 0 Å². The second-order valence-corrected chi connectivity index (χ2v) is 7.71. The number of hydrogen-bond acceptors (Lipinski definition) is 5. The quantitative estimate of drug-likeness (QED) is 0.434. The van der Waals surface area contributed by atoms with Gasteiger partial charge in [0.2, 0.25) is 5.91 Å². The number of benzene rings is 2. The third-order valence-electron chi connectivity index (χ3n) is 4.18. The number of nitrogens with one attached hydrogen (secondary N) is 2. The molecular weight excluding hydrogens is 410 g/mol. The van der Waals surface area contributed by atoms with Gasteiger partial charge in [0.25, 0.3) is 5.56 Å². The summed E-state index contributed by atoms with van der Waals surface area (Å²) in [4.78, 5) is 32.0. The van der Waals surface area contributed by atoms with Crippen LogP contribution in [0.15, 0.2) is 58.5 Å². The lowest BCUT2D eigenvalue weighted by molar-refractivity contribution is -0.115. The van der Waals surface area contributed by atoms with E-state index in [0.717, 1.165) is 11.3 Å². The van der Waals surface area contributed by atoms with Crippen molar-refractivity contribution >= 4 is 35.0 Å². The van der Waals surface area contributed by atoms with E-state index in [1.807, 2.05) is 24.3 Å². The van der Waals surface area contributed by atoms with E-state index in [4.69, 9.17) is 16.3 Å². The standard InChI is InChI=1S/C21H20ClN3O3S/c1-13-18(11-19(26)24-16-8-6-15(22)7-9-16)20(27)25-21(23-13)29-12-14-4-3-5-17(10-14)28-2/h3-10H,11-12H2,1-2H3,(H,24,26)(H,23,25,27). The first-order valence-electron chi connectivity index (χ1n) is 8.85. The molecule has 0 aliphatic heterocycles. The van der Waals surface area contributed by atoms with Crippen molar-refractivity contribution in [2.24, 2.45) is 0 Å². The molecule has 0 fully saturated rings. The predicted molar refractivity (Wildman–Crippen MR) is 116 cm³/mol. The lowest BCUT2D eigenvalue weighted by atomic mass is 10.1. The minimum Gasteiger partial charge on any atom is -0.497 e. The zero-order valence-corrected chi connectivity index (χ0v) is 17.6. The Hall–Kier alpha value is -2.77. The van der Waals surface area contributed by atoms with Crippen LogP contribution < -0.4 is 15.6 Å². The zero-order valence-electron chi connectivity index (χ0n) is 16.0. The van der Waals surface area contributed by atoms with E-state index in [0.29, 0.717) is 32.9 Å². The summed E-state index contributed by atoms with van der Waals surface area (Å²) >= 11 is 7.26. The van der Waals surface area contributed by atoms with E-state index in [2.05, 4.69) is 15.3 Å². The number of methoxy groups -OCH3 is 1. The molecule has 0 aliphatic carbocycles. The van der Waals surface area contributed by atoms with Crippen molar-refractivity contribution in [1.29, 1.82) is 0 Å². The van der Waals surface area contributed by atoms with Gasteiger partial charge < -0.3 is 15.0 Å². The average molecular weight is 430 g/mol. The Morgan fingerprint density at radius 3 is 2.69 bits per heavy atom. The number of aryl methyl sites for hydroxylation is 1. The van der Waals surface area contributed by atoms with Gasteiger partial charge in [0, 0.05) is 27.7 Å². The molecule has 3 aromatic rings. The molecule has 0 aliphatic rings. The number of rotatable bonds is 7. The molecule has 6 nitrogen and oxygen atoms in total. The molecule has 29 heavy (non-hydrogen) atoms. The molecule has 0 saturated heterocycles. The Bertz CT molecular complexity index is 1070. The van der Waals surface area contributed by atoms with Crippen LogP contribution in [-0.2, 0) is 17.0 Å². The maximum absolute atomic E-state index is 12.5. The molecule has 8 heteroatoms. The van der Waals surface area contributed by atoms with Crippen LogP contribution in [0.4, 0.5) is 5.69 Å². The number of nitrogens with zero attached hydrogens (tertiary/aromatic N) is 1. The van der Waals surface area contributed by atoms with Crippen LogP contribution in [0.5, 0.6) is 5.75 Å². The number of carbonyl (C=O) groups is 1. The van der Waals surface area contributed by atoms with Crippen LogP contribution in [0, 0.1) is 6.92 Å². The topological polar surface area (TPSA) is 84.1 Å². The lowest BCUT2D eigenvalue weighted by Crippen LogP contribution is -2.23. The molecular formula is C21H20ClN3O3S. The van der Waals surface area contributed by atoms with Crippen LogP contribution in [0.1, 0.15) is 16.8 Å². The minimum atomic E-state index is -0.308. The fourth-order valence-electron chi connectivity index (χ4n) is 2.67. The predicted octanol–water partition coefficient (Wildman–Crippen LogP) is 4.21. The highest BCUT2D eigenvalue weighted by Crippen LogP contribution is 2.22. The van der Waals surface area contributed by atoms with E-state index in [-0.39, 0.29) is 17.9 Å². The summed E-state index contributed by atoms with van der Waals surface area (Å²) in [6.07, 6.45) is -0.0579. The number of amides is 1. The van der Waals surface area contributed by atoms with Gasteiger partial charge in [-0.15, -0.1) is 0 Å². The molecule has 0 atom stereocenters. The van der Waals surface area contributed by atoms with E-state index in [1.165, 1.54) is 11.8 Å². The number of anilines is 1. The Labute approximate surface area is 177 Å². The third-order valence-corrected chi connectivity index (χ3v) is 5.37. The van der Waals surface area contributed by atoms with Crippen molar-refractivity contribution in [3.05, 3.63) is 80.7 Å². The number of aromatic nitrogens is 2. The Morgan fingerprint density at radius 1 is 1.24 bits per heavy atom. The number of carbonyl (C=O) groups excluding carboxylic acids is 1. The molecule has 1 heterocycles. The van der Waals surface area contributed by atoms with Crippen LogP contribution in [0.3, 0.4) is 0 Å². The maximum Gasteiger partial charge on any atom is 0.255 e. The van der Waals surface area contributed by atoms with Gasteiger partial charge in [-0.2, -0.15) is 0 Å². The van der Waals surface area contributed by atoms with E-state index in [1.54, 1.807) is 38.3 Å². The van der Waals surface area contributed by atoms with Crippen LogP contribution in [0.2, 0.25) is 5.02 Å². The summed E-state index contributed by atoms with van der Waals surface area (Å²) in [5.74, 6) is 1.12. The van der Waals surface area contributed by atoms with Gasteiger partial charge in [-0.3, -0.25) is 9.59 Å². The van der Waals surface area contributed by atoms with Gasteiger partial charge in [-0.1, -0.05) is 35.5 Å². The summed E-state index contributed by atoms with van der Waals surface area (Å²) < 4.78 is 5.22. The second-order valence-electron chi connectivity index (χ2n) is 6.31. The largest absolute Gasteiger partial charge is 0.497 e. The highest BCUT2D eigenvalue weighted by molar-refractivity contribution is 7.98. The van der Waals surface area contributed by atoms with Gasteiger partial charge >= 0.3 is 0 Å². The molecule has 0 radical (unpaired) electrons. The number of thioether (sulfide) groups is 1. The van der Waals surface area contributed by atoms with Gasteiger partial charge in [0.15, 0.2) is 5.16 Å². The minimum absolute atomic E-state index is 0.0579. The number of halogens is 1.